The van der Waals surface area contributed by atoms with E-state index in [0.29, 0.717) is 11.3 Å². The van der Waals surface area contributed by atoms with Crippen LogP contribution in [0.1, 0.15) is 17.3 Å². The van der Waals surface area contributed by atoms with Crippen LogP contribution in [-0.2, 0) is 0 Å². The molecule has 1 aromatic carbocycles. The third kappa shape index (κ3) is 3.11. The summed E-state index contributed by atoms with van der Waals surface area (Å²) in [6.45, 7) is 5.82. The molecule has 0 atom stereocenters. The molecule has 0 saturated carbocycles. The Morgan fingerprint density at radius 1 is 1.33 bits per heavy atom. The van der Waals surface area contributed by atoms with Crippen LogP contribution in [0.2, 0.25) is 0 Å². The van der Waals surface area contributed by atoms with E-state index < -0.39 is 0 Å². The Hall–Kier alpha value is -1.33. The number of carbonyl (C=O) groups is 1. The highest BCUT2D eigenvalue weighted by Crippen LogP contribution is 2.21. The van der Waals surface area contributed by atoms with E-state index in [1.807, 2.05) is 25.1 Å². The van der Waals surface area contributed by atoms with Crippen LogP contribution in [0.3, 0.4) is 0 Å². The summed E-state index contributed by atoms with van der Waals surface area (Å²) in [6.07, 6.45) is 0. The number of rotatable bonds is 2. The second kappa shape index (κ2) is 6.02. The number of aliphatic imine (C=N–C) groups is 1. The summed E-state index contributed by atoms with van der Waals surface area (Å²) in [5.74, 6) is 0.943. The van der Waals surface area contributed by atoms with Crippen molar-refractivity contribution in [2.75, 3.05) is 26.2 Å². The number of amidine groups is 1. The maximum Gasteiger partial charge on any atom is 0.218 e. The maximum atomic E-state index is 11.4. The van der Waals surface area contributed by atoms with E-state index >= 15 is 0 Å². The fraction of sp³-hybridized carbons (Fsp3) is 0.385. The van der Waals surface area contributed by atoms with E-state index in [9.17, 15) is 4.79 Å². The zero-order valence-electron chi connectivity index (χ0n) is 10.4. The van der Waals surface area contributed by atoms with Crippen molar-refractivity contribution in [3.05, 3.63) is 29.8 Å². The molecular formula is C13H17N3OS. The van der Waals surface area contributed by atoms with Gasteiger partial charge in [0.1, 0.15) is 5.84 Å². The summed E-state index contributed by atoms with van der Waals surface area (Å²) < 4.78 is 0. The van der Waals surface area contributed by atoms with E-state index in [1.54, 1.807) is 6.07 Å². The minimum atomic E-state index is -0.248. The Labute approximate surface area is 113 Å². The number of benzene rings is 1. The third-order valence-corrected chi connectivity index (χ3v) is 3.23. The van der Waals surface area contributed by atoms with Gasteiger partial charge in [-0.25, -0.2) is 4.99 Å². The van der Waals surface area contributed by atoms with Crippen LogP contribution in [0.15, 0.2) is 29.3 Å². The van der Waals surface area contributed by atoms with Gasteiger partial charge in [0.25, 0.3) is 0 Å². The summed E-state index contributed by atoms with van der Waals surface area (Å²) >= 11 is 3.88. The smallest absolute Gasteiger partial charge is 0.218 e. The molecule has 1 aliphatic heterocycles. The Morgan fingerprint density at radius 2 is 2.00 bits per heavy atom. The molecule has 1 fully saturated rings. The number of hydrogen-bond donors (Lipinski definition) is 2. The van der Waals surface area contributed by atoms with Crippen LogP contribution in [0, 0.1) is 0 Å². The van der Waals surface area contributed by atoms with Crippen LogP contribution in [0.25, 0.3) is 0 Å². The number of nitrogens with one attached hydrogen (secondary N) is 1. The lowest BCUT2D eigenvalue weighted by Crippen LogP contribution is -2.45. The first-order valence-corrected chi connectivity index (χ1v) is 6.46. The lowest BCUT2D eigenvalue weighted by atomic mass is 10.2. The van der Waals surface area contributed by atoms with Gasteiger partial charge in [0.15, 0.2) is 0 Å². The summed E-state index contributed by atoms with van der Waals surface area (Å²) in [5.41, 5.74) is 1.24. The largest absolute Gasteiger partial charge is 0.358 e. The van der Waals surface area contributed by atoms with Crippen molar-refractivity contribution in [3.63, 3.8) is 0 Å². The predicted molar refractivity (Wildman–Crippen MR) is 77.0 cm³/mol. The zero-order valence-corrected chi connectivity index (χ0v) is 11.3. The van der Waals surface area contributed by atoms with Crippen LogP contribution in [0.5, 0.6) is 0 Å². The standard InChI is InChI=1S/C13H17N3OS/c1-10(16-8-6-14-7-9-16)15-12-5-3-2-4-11(12)13(17)18/h2-5,14H,6-9H2,1H3,(H,17,18). The molecule has 0 aliphatic carbocycles. The molecule has 1 aromatic rings. The highest BCUT2D eigenvalue weighted by atomic mass is 32.1. The zero-order chi connectivity index (χ0) is 13.0. The lowest BCUT2D eigenvalue weighted by Gasteiger charge is -2.28. The number of hydrogen-bond acceptors (Lipinski definition) is 3. The summed E-state index contributed by atoms with van der Waals surface area (Å²) in [6, 6.07) is 7.29. The monoisotopic (exact) mass is 263 g/mol. The summed E-state index contributed by atoms with van der Waals surface area (Å²) in [7, 11) is 0. The van der Waals surface area contributed by atoms with Gasteiger partial charge in [-0.3, -0.25) is 4.79 Å². The minimum Gasteiger partial charge on any atom is -0.358 e. The number of carbonyl (C=O) groups excluding carboxylic acids is 1. The molecule has 0 amide bonds. The highest BCUT2D eigenvalue weighted by Gasteiger charge is 2.12. The topological polar surface area (TPSA) is 44.7 Å². The van der Waals surface area contributed by atoms with Gasteiger partial charge >= 0.3 is 0 Å². The fourth-order valence-electron chi connectivity index (χ4n) is 1.99. The Balaban J connectivity index is 2.23. The van der Waals surface area contributed by atoms with Crippen LogP contribution < -0.4 is 5.32 Å². The number of para-hydroxylation sites is 1. The molecule has 1 saturated heterocycles. The van der Waals surface area contributed by atoms with Crippen molar-refractivity contribution >= 4 is 29.3 Å². The van der Waals surface area contributed by atoms with Crippen molar-refractivity contribution in [1.29, 1.82) is 0 Å². The molecule has 2 rings (SSSR count). The Morgan fingerprint density at radius 3 is 2.67 bits per heavy atom. The molecule has 5 heteroatoms. The van der Waals surface area contributed by atoms with Gasteiger partial charge in [0.2, 0.25) is 5.12 Å². The molecule has 0 spiro atoms. The number of thiol groups is 1. The van der Waals surface area contributed by atoms with Crippen molar-refractivity contribution in [2.45, 2.75) is 6.92 Å². The third-order valence-electron chi connectivity index (χ3n) is 2.99. The molecule has 1 aliphatic rings. The first-order valence-electron chi connectivity index (χ1n) is 6.02. The fourth-order valence-corrected chi connectivity index (χ4v) is 2.17. The SMILES string of the molecule is CC(=Nc1ccccc1C(=O)S)N1CCNCC1. The first-order chi connectivity index (χ1) is 8.68. The highest BCUT2D eigenvalue weighted by molar-refractivity contribution is 7.97. The van der Waals surface area contributed by atoms with E-state index in [1.165, 1.54) is 0 Å². The molecule has 0 radical (unpaired) electrons. The second-order valence-electron chi connectivity index (χ2n) is 4.22. The number of piperazine rings is 1. The van der Waals surface area contributed by atoms with Crippen LogP contribution in [0.4, 0.5) is 5.69 Å². The Kier molecular flexibility index (Phi) is 4.38. The van der Waals surface area contributed by atoms with Crippen molar-refractivity contribution in [2.24, 2.45) is 4.99 Å². The van der Waals surface area contributed by atoms with Gasteiger partial charge in [0, 0.05) is 26.2 Å². The van der Waals surface area contributed by atoms with Gasteiger partial charge < -0.3 is 10.2 Å². The molecule has 0 bridgehead atoms. The van der Waals surface area contributed by atoms with Gasteiger partial charge in [-0.2, -0.15) is 0 Å². The maximum absolute atomic E-state index is 11.4. The summed E-state index contributed by atoms with van der Waals surface area (Å²) in [4.78, 5) is 18.2. The van der Waals surface area contributed by atoms with Gasteiger partial charge in [-0.15, -0.1) is 12.6 Å². The molecule has 0 unspecified atom stereocenters. The average molecular weight is 263 g/mol. The normalized spacial score (nSPS) is 16.8. The molecule has 0 aromatic heterocycles. The van der Waals surface area contributed by atoms with Gasteiger partial charge in [-0.1, -0.05) is 12.1 Å². The van der Waals surface area contributed by atoms with E-state index in [0.717, 1.165) is 32.0 Å². The Bertz CT molecular complexity index is 467. The molecular weight excluding hydrogens is 246 g/mol. The lowest BCUT2D eigenvalue weighted by molar-refractivity contribution is 0.109. The molecule has 1 heterocycles. The van der Waals surface area contributed by atoms with Crippen molar-refractivity contribution < 1.29 is 4.79 Å². The quantitative estimate of drug-likeness (QED) is 0.485. The van der Waals surface area contributed by atoms with Gasteiger partial charge in [0.05, 0.1) is 11.3 Å². The summed E-state index contributed by atoms with van der Waals surface area (Å²) in [5, 5.41) is 3.05. The van der Waals surface area contributed by atoms with E-state index in [-0.39, 0.29) is 5.12 Å². The number of nitrogens with zero attached hydrogens (tertiary/aromatic N) is 2. The first kappa shape index (κ1) is 13.1. The average Bonchev–Trinajstić information content (AvgIpc) is 2.40. The van der Waals surface area contributed by atoms with Crippen LogP contribution in [-0.4, -0.2) is 42.0 Å². The van der Waals surface area contributed by atoms with Gasteiger partial charge in [-0.05, 0) is 19.1 Å². The predicted octanol–water partition coefficient (Wildman–Crippen LogP) is 1.71. The molecule has 18 heavy (non-hydrogen) atoms. The van der Waals surface area contributed by atoms with Crippen molar-refractivity contribution in [1.82, 2.24) is 10.2 Å². The van der Waals surface area contributed by atoms with E-state index in [4.69, 9.17) is 0 Å². The molecule has 4 nitrogen and oxygen atoms in total. The molecule has 1 N–H and O–H groups in total. The second-order valence-corrected chi connectivity index (χ2v) is 4.62. The minimum absolute atomic E-state index is 0.248. The molecule has 96 valence electrons. The van der Waals surface area contributed by atoms with Crippen molar-refractivity contribution in [3.8, 4) is 0 Å². The van der Waals surface area contributed by atoms with E-state index in [2.05, 4.69) is 27.8 Å². The van der Waals surface area contributed by atoms with Crippen LogP contribution >= 0.6 is 12.6 Å².